The van der Waals surface area contributed by atoms with Crippen LogP contribution in [0.3, 0.4) is 0 Å². The number of aromatic nitrogens is 5. The van der Waals surface area contributed by atoms with Crippen LogP contribution in [0.2, 0.25) is 5.15 Å². The van der Waals surface area contributed by atoms with Crippen LogP contribution >= 0.6 is 11.6 Å². The monoisotopic (exact) mass is 559 g/mol. The fourth-order valence-corrected chi connectivity index (χ4v) is 6.00. The predicted molar refractivity (Wildman–Crippen MR) is 157 cm³/mol. The van der Waals surface area contributed by atoms with Crippen LogP contribution in [0.1, 0.15) is 24.0 Å². The van der Waals surface area contributed by atoms with E-state index in [1.807, 2.05) is 30.9 Å². The van der Waals surface area contributed by atoms with Crippen molar-refractivity contribution >= 4 is 39.1 Å². The predicted octanol–water partition coefficient (Wildman–Crippen LogP) is 5.10. The quantitative estimate of drug-likeness (QED) is 0.270. The Hall–Kier alpha value is -3.82. The van der Waals surface area contributed by atoms with Gasteiger partial charge >= 0.3 is 0 Å². The molecule has 1 aromatic carbocycles. The normalized spacial score (nSPS) is 14.3. The summed E-state index contributed by atoms with van der Waals surface area (Å²) >= 11 is 6.16. The third-order valence-corrected chi connectivity index (χ3v) is 8.00. The molecule has 0 radical (unpaired) electrons. The summed E-state index contributed by atoms with van der Waals surface area (Å²) in [5.41, 5.74) is 4.34. The molecule has 2 N–H and O–H groups in total. The molecule has 6 rings (SSSR count). The van der Waals surface area contributed by atoms with Gasteiger partial charge in [0.15, 0.2) is 5.82 Å². The molecule has 0 bridgehead atoms. The zero-order chi connectivity index (χ0) is 27.8. The second-order valence-corrected chi connectivity index (χ2v) is 10.9. The molecule has 1 aliphatic heterocycles. The smallest absolute Gasteiger partial charge is 0.259 e. The van der Waals surface area contributed by atoms with Crippen molar-refractivity contribution in [3.05, 3.63) is 81.4 Å². The van der Waals surface area contributed by atoms with Gasteiger partial charge in [-0.3, -0.25) is 14.3 Å². The van der Waals surface area contributed by atoms with Gasteiger partial charge in [0, 0.05) is 48.1 Å². The summed E-state index contributed by atoms with van der Waals surface area (Å²) in [4.78, 5) is 21.8. The highest BCUT2D eigenvalue weighted by Gasteiger charge is 2.20. The summed E-state index contributed by atoms with van der Waals surface area (Å²) in [7, 11) is 1.83. The lowest BCUT2D eigenvalue weighted by Gasteiger charge is -2.23. The van der Waals surface area contributed by atoms with E-state index < -0.39 is 5.82 Å². The number of halogens is 2. The van der Waals surface area contributed by atoms with E-state index in [1.165, 1.54) is 6.20 Å². The van der Waals surface area contributed by atoms with E-state index in [4.69, 9.17) is 16.7 Å². The molecule has 206 valence electrons. The molecule has 10 heteroatoms. The average Bonchev–Trinajstić information content (AvgIpc) is 3.36. The van der Waals surface area contributed by atoms with Crippen LogP contribution in [0, 0.1) is 18.7 Å². The van der Waals surface area contributed by atoms with Crippen molar-refractivity contribution in [3.8, 4) is 11.3 Å². The highest BCUT2D eigenvalue weighted by atomic mass is 35.5. The number of anilines is 1. The number of fused-ring (bicyclic) bond motifs is 3. The molecule has 1 aliphatic rings. The molecule has 5 aromatic rings. The lowest BCUT2D eigenvalue weighted by Crippen LogP contribution is -2.30. The van der Waals surface area contributed by atoms with E-state index in [0.29, 0.717) is 41.2 Å². The minimum absolute atomic E-state index is 0.0233. The number of hydrogen-bond acceptors (Lipinski definition) is 6. The van der Waals surface area contributed by atoms with Gasteiger partial charge in [-0.05, 0) is 75.0 Å². The van der Waals surface area contributed by atoms with Gasteiger partial charge < -0.3 is 10.6 Å². The summed E-state index contributed by atoms with van der Waals surface area (Å²) in [6, 6.07) is 9.17. The maximum absolute atomic E-state index is 14.5. The minimum atomic E-state index is -0.468. The van der Waals surface area contributed by atoms with Gasteiger partial charge in [-0.1, -0.05) is 23.2 Å². The fourth-order valence-electron chi connectivity index (χ4n) is 5.86. The molecule has 1 saturated heterocycles. The number of piperidine rings is 1. The molecule has 0 spiro atoms. The summed E-state index contributed by atoms with van der Waals surface area (Å²) in [5.74, 6) is 0.0639. The number of nitrogens with zero attached hydrogens (tertiary/aromatic N) is 5. The summed E-state index contributed by atoms with van der Waals surface area (Å²) in [5, 5.41) is 14.5. The van der Waals surface area contributed by atoms with Gasteiger partial charge in [0.25, 0.3) is 5.56 Å². The lowest BCUT2D eigenvalue weighted by atomic mass is 9.97. The standard InChI is InChI=1S/C30H31ClFN7O/c1-18-13-20(7-12-35-25-3-4-26(31)37-28(25)21-8-11-34-16-24(21)32)27-22(14-18)30(40)38(2)29-23(27)15-36-39(29)17-19-5-9-33-10-6-19/h3-4,8,11,13-16,19,33,35H,5-7,9-10,12,17H2,1-2H3. The Balaban J connectivity index is 1.35. The molecule has 0 saturated carbocycles. The Bertz CT molecular complexity index is 1770. The first kappa shape index (κ1) is 26.4. The van der Waals surface area contributed by atoms with E-state index in [0.717, 1.165) is 66.2 Å². The number of rotatable bonds is 7. The molecule has 0 atom stereocenters. The van der Waals surface area contributed by atoms with Crippen LogP contribution in [0.25, 0.3) is 33.1 Å². The van der Waals surface area contributed by atoms with Crippen molar-refractivity contribution in [1.29, 1.82) is 0 Å². The van der Waals surface area contributed by atoms with Crippen LogP contribution in [-0.2, 0) is 20.0 Å². The Morgan fingerprint density at radius 1 is 1.15 bits per heavy atom. The van der Waals surface area contributed by atoms with Crippen molar-refractivity contribution in [1.82, 2.24) is 29.6 Å². The third kappa shape index (κ3) is 4.95. The first-order valence-corrected chi connectivity index (χ1v) is 14.0. The van der Waals surface area contributed by atoms with Crippen molar-refractivity contribution in [2.75, 3.05) is 25.0 Å². The van der Waals surface area contributed by atoms with E-state index in [2.05, 4.69) is 26.7 Å². The number of pyridine rings is 3. The second kappa shape index (κ2) is 11.0. The summed E-state index contributed by atoms with van der Waals surface area (Å²) < 4.78 is 18.3. The lowest BCUT2D eigenvalue weighted by molar-refractivity contribution is 0.323. The first-order chi connectivity index (χ1) is 19.4. The first-order valence-electron chi connectivity index (χ1n) is 13.6. The Morgan fingerprint density at radius 2 is 1.98 bits per heavy atom. The Kier molecular flexibility index (Phi) is 7.25. The molecule has 4 aromatic heterocycles. The van der Waals surface area contributed by atoms with Gasteiger partial charge in [-0.2, -0.15) is 5.10 Å². The van der Waals surface area contributed by atoms with Gasteiger partial charge in [0.05, 0.1) is 23.8 Å². The number of hydrogen-bond donors (Lipinski definition) is 2. The van der Waals surface area contributed by atoms with E-state index >= 15 is 0 Å². The zero-order valence-electron chi connectivity index (χ0n) is 22.5. The van der Waals surface area contributed by atoms with Crippen molar-refractivity contribution < 1.29 is 4.39 Å². The molecular weight excluding hydrogens is 529 g/mol. The third-order valence-electron chi connectivity index (χ3n) is 7.79. The Labute approximate surface area is 236 Å². The Morgan fingerprint density at radius 3 is 2.77 bits per heavy atom. The molecule has 0 aliphatic carbocycles. The van der Waals surface area contributed by atoms with Gasteiger partial charge in [0.2, 0.25) is 0 Å². The van der Waals surface area contributed by atoms with Crippen molar-refractivity contribution in [2.24, 2.45) is 13.0 Å². The van der Waals surface area contributed by atoms with E-state index in [9.17, 15) is 9.18 Å². The number of aryl methyl sites for hydroxylation is 2. The minimum Gasteiger partial charge on any atom is -0.383 e. The molecule has 0 amide bonds. The zero-order valence-corrected chi connectivity index (χ0v) is 23.3. The molecule has 5 heterocycles. The van der Waals surface area contributed by atoms with Crippen LogP contribution in [0.4, 0.5) is 10.1 Å². The van der Waals surface area contributed by atoms with Crippen molar-refractivity contribution in [2.45, 2.75) is 32.7 Å². The molecular formula is C30H31ClFN7O. The SMILES string of the molecule is Cc1cc(CCNc2ccc(Cl)nc2-c2ccncc2F)c2c(c1)c(=O)n(C)c1c2cnn1CC1CCNCC1. The number of nitrogens with one attached hydrogen (secondary N) is 2. The maximum Gasteiger partial charge on any atom is 0.259 e. The summed E-state index contributed by atoms with van der Waals surface area (Å²) in [6.07, 6.45) is 7.44. The van der Waals surface area contributed by atoms with Crippen molar-refractivity contribution in [3.63, 3.8) is 0 Å². The van der Waals surface area contributed by atoms with Crippen LogP contribution < -0.4 is 16.2 Å². The van der Waals surface area contributed by atoms with Gasteiger partial charge in [-0.25, -0.2) is 14.1 Å². The van der Waals surface area contributed by atoms with E-state index in [-0.39, 0.29) is 10.7 Å². The van der Waals surface area contributed by atoms with Gasteiger partial charge in [-0.15, -0.1) is 0 Å². The highest BCUT2D eigenvalue weighted by Crippen LogP contribution is 2.31. The average molecular weight is 560 g/mol. The maximum atomic E-state index is 14.5. The topological polar surface area (TPSA) is 89.7 Å². The van der Waals surface area contributed by atoms with Crippen LogP contribution in [-0.4, -0.2) is 43.9 Å². The highest BCUT2D eigenvalue weighted by molar-refractivity contribution is 6.29. The summed E-state index contributed by atoms with van der Waals surface area (Å²) in [6.45, 7) is 5.38. The molecule has 0 unspecified atom stereocenters. The fraction of sp³-hybridized carbons (Fsp3) is 0.333. The van der Waals surface area contributed by atoms with Crippen LogP contribution in [0.5, 0.6) is 0 Å². The number of benzene rings is 1. The molecule has 8 nitrogen and oxygen atoms in total. The van der Waals surface area contributed by atoms with E-state index in [1.54, 1.807) is 22.8 Å². The second-order valence-electron chi connectivity index (χ2n) is 10.5. The van der Waals surface area contributed by atoms with Gasteiger partial charge in [0.1, 0.15) is 10.8 Å². The van der Waals surface area contributed by atoms with Crippen LogP contribution in [0.15, 0.2) is 53.7 Å². The largest absolute Gasteiger partial charge is 0.383 e. The molecule has 1 fully saturated rings. The molecule has 40 heavy (non-hydrogen) atoms.